The molecule has 5 nitrogen and oxygen atoms in total. The Labute approximate surface area is 139 Å². The van der Waals surface area contributed by atoms with Gasteiger partial charge in [0.2, 0.25) is 10.0 Å². The molecular weight excluding hydrogens is 310 g/mol. The van der Waals surface area contributed by atoms with Crippen LogP contribution in [0.15, 0.2) is 29.2 Å². The van der Waals surface area contributed by atoms with Crippen LogP contribution in [-0.2, 0) is 10.0 Å². The summed E-state index contributed by atoms with van der Waals surface area (Å²) < 4.78 is 27.6. The summed E-state index contributed by atoms with van der Waals surface area (Å²) in [4.78, 5) is 5.16. The number of likely N-dealkylation sites (N-methyl/N-ethyl adjacent to an activating group) is 1. The fourth-order valence-corrected chi connectivity index (χ4v) is 5.17. The predicted octanol–water partition coefficient (Wildman–Crippen LogP) is 1.40. The van der Waals surface area contributed by atoms with Gasteiger partial charge < -0.3 is 4.90 Å². The summed E-state index contributed by atoms with van der Waals surface area (Å²) in [5.41, 5.74) is 1.08. The van der Waals surface area contributed by atoms with Crippen LogP contribution < -0.4 is 0 Å². The number of nitrogens with zero attached hydrogens (tertiary/aromatic N) is 3. The minimum atomic E-state index is -3.37. The molecule has 2 heterocycles. The maximum absolute atomic E-state index is 12.9. The van der Waals surface area contributed by atoms with Crippen LogP contribution in [-0.4, -0.2) is 74.9 Å². The third-order valence-electron chi connectivity index (χ3n) is 5.02. The molecule has 1 aromatic carbocycles. The molecule has 0 amide bonds. The van der Waals surface area contributed by atoms with Crippen molar-refractivity contribution in [3.05, 3.63) is 29.8 Å². The highest BCUT2D eigenvalue weighted by Gasteiger charge is 2.36. The molecule has 6 heteroatoms. The quantitative estimate of drug-likeness (QED) is 0.833. The van der Waals surface area contributed by atoms with Crippen molar-refractivity contribution in [1.82, 2.24) is 14.1 Å². The van der Waals surface area contributed by atoms with E-state index in [1.165, 1.54) is 0 Å². The lowest BCUT2D eigenvalue weighted by Crippen LogP contribution is -2.50. The van der Waals surface area contributed by atoms with Gasteiger partial charge in [-0.25, -0.2) is 8.42 Å². The highest BCUT2D eigenvalue weighted by atomic mass is 32.2. The van der Waals surface area contributed by atoms with E-state index >= 15 is 0 Å². The molecule has 0 saturated carbocycles. The molecule has 0 radical (unpaired) electrons. The van der Waals surface area contributed by atoms with Gasteiger partial charge in [0.25, 0.3) is 0 Å². The maximum atomic E-state index is 12.9. The zero-order valence-corrected chi connectivity index (χ0v) is 14.9. The second kappa shape index (κ2) is 6.89. The highest BCUT2D eigenvalue weighted by molar-refractivity contribution is 7.89. The zero-order chi connectivity index (χ0) is 16.4. The van der Waals surface area contributed by atoms with Crippen LogP contribution in [0.25, 0.3) is 0 Å². The molecule has 1 atom stereocenters. The molecule has 2 aliphatic rings. The molecule has 0 aromatic heterocycles. The standard InChI is InChI=1S/C17H27N3O2S/c1-15-5-7-17(8-6-15)23(21,22)20-9-3-4-16(20)14-19-12-10-18(2)11-13-19/h5-8,16H,3-4,9-14H2,1-2H3/t16-/m0/s1. The molecule has 2 fully saturated rings. The molecule has 128 valence electrons. The maximum Gasteiger partial charge on any atom is 0.243 e. The molecule has 0 N–H and O–H groups in total. The molecular formula is C17H27N3O2S. The van der Waals surface area contributed by atoms with Crippen LogP contribution >= 0.6 is 0 Å². The van der Waals surface area contributed by atoms with E-state index in [4.69, 9.17) is 0 Å². The average Bonchev–Trinajstić information content (AvgIpc) is 2.99. The van der Waals surface area contributed by atoms with Crippen molar-refractivity contribution in [3.63, 3.8) is 0 Å². The molecule has 23 heavy (non-hydrogen) atoms. The number of benzene rings is 1. The number of rotatable bonds is 4. The van der Waals surface area contributed by atoms with Gasteiger partial charge in [-0.15, -0.1) is 0 Å². The van der Waals surface area contributed by atoms with Crippen LogP contribution in [0.2, 0.25) is 0 Å². The Kier molecular flexibility index (Phi) is 5.06. The van der Waals surface area contributed by atoms with Crippen LogP contribution in [0, 0.1) is 6.92 Å². The third kappa shape index (κ3) is 3.76. The van der Waals surface area contributed by atoms with Gasteiger partial charge in [-0.2, -0.15) is 4.31 Å². The SMILES string of the molecule is Cc1ccc(S(=O)(=O)N2CCC[C@H]2CN2CCN(C)CC2)cc1. The number of hydrogen-bond donors (Lipinski definition) is 0. The van der Waals surface area contributed by atoms with Crippen molar-refractivity contribution in [2.45, 2.75) is 30.7 Å². The fraction of sp³-hybridized carbons (Fsp3) is 0.647. The van der Waals surface area contributed by atoms with E-state index < -0.39 is 10.0 Å². The smallest absolute Gasteiger partial charge is 0.243 e. The summed E-state index contributed by atoms with van der Waals surface area (Å²) >= 11 is 0. The summed E-state index contributed by atoms with van der Waals surface area (Å²) in [6.07, 6.45) is 1.93. The monoisotopic (exact) mass is 337 g/mol. The number of hydrogen-bond acceptors (Lipinski definition) is 4. The van der Waals surface area contributed by atoms with E-state index in [1.807, 2.05) is 19.1 Å². The molecule has 0 bridgehead atoms. The van der Waals surface area contributed by atoms with Crippen molar-refractivity contribution in [1.29, 1.82) is 0 Å². The summed E-state index contributed by atoms with van der Waals surface area (Å²) in [6.45, 7) is 7.68. The van der Waals surface area contributed by atoms with Crippen molar-refractivity contribution < 1.29 is 8.42 Å². The van der Waals surface area contributed by atoms with Gasteiger partial charge in [0, 0.05) is 45.3 Å². The summed E-state index contributed by atoms with van der Waals surface area (Å²) in [6, 6.07) is 7.33. The summed E-state index contributed by atoms with van der Waals surface area (Å²) in [5, 5.41) is 0. The van der Waals surface area contributed by atoms with Crippen LogP contribution in [0.4, 0.5) is 0 Å². The summed E-state index contributed by atoms with van der Waals surface area (Å²) in [7, 11) is -1.23. The first-order valence-corrected chi connectivity index (χ1v) is 9.90. The van der Waals surface area contributed by atoms with Gasteiger partial charge in [-0.05, 0) is 38.9 Å². The van der Waals surface area contributed by atoms with Gasteiger partial charge in [0.15, 0.2) is 0 Å². The first-order valence-electron chi connectivity index (χ1n) is 8.46. The van der Waals surface area contributed by atoms with Gasteiger partial charge in [-0.1, -0.05) is 17.7 Å². The van der Waals surface area contributed by atoms with Gasteiger partial charge in [-0.3, -0.25) is 4.90 Å². The van der Waals surface area contributed by atoms with Gasteiger partial charge >= 0.3 is 0 Å². The largest absolute Gasteiger partial charge is 0.304 e. The Hall–Kier alpha value is -0.950. The Morgan fingerprint density at radius 1 is 1.04 bits per heavy atom. The van der Waals surface area contributed by atoms with Crippen LogP contribution in [0.5, 0.6) is 0 Å². The Balaban J connectivity index is 1.71. The molecule has 0 spiro atoms. The van der Waals surface area contributed by atoms with Crippen molar-refractivity contribution >= 4 is 10.0 Å². The van der Waals surface area contributed by atoms with E-state index in [0.29, 0.717) is 11.4 Å². The molecule has 3 rings (SSSR count). The lowest BCUT2D eigenvalue weighted by atomic mass is 10.2. The first-order chi connectivity index (χ1) is 11.0. The Morgan fingerprint density at radius 2 is 1.70 bits per heavy atom. The number of piperazine rings is 1. The van der Waals surface area contributed by atoms with Crippen molar-refractivity contribution in [3.8, 4) is 0 Å². The lowest BCUT2D eigenvalue weighted by Gasteiger charge is -2.35. The topological polar surface area (TPSA) is 43.9 Å². The number of aryl methyl sites for hydroxylation is 1. The lowest BCUT2D eigenvalue weighted by molar-refractivity contribution is 0.134. The average molecular weight is 337 g/mol. The molecule has 0 unspecified atom stereocenters. The van der Waals surface area contributed by atoms with Crippen molar-refractivity contribution in [2.24, 2.45) is 0 Å². The zero-order valence-electron chi connectivity index (χ0n) is 14.1. The molecule has 0 aliphatic carbocycles. The molecule has 2 saturated heterocycles. The predicted molar refractivity (Wildman–Crippen MR) is 92.0 cm³/mol. The van der Waals surface area contributed by atoms with E-state index in [2.05, 4.69) is 16.8 Å². The Bertz CT molecular complexity index is 622. The second-order valence-electron chi connectivity index (χ2n) is 6.83. The van der Waals surface area contributed by atoms with Gasteiger partial charge in [0.05, 0.1) is 4.90 Å². The molecule has 1 aromatic rings. The van der Waals surface area contributed by atoms with Crippen LogP contribution in [0.3, 0.4) is 0 Å². The van der Waals surface area contributed by atoms with E-state index in [-0.39, 0.29) is 6.04 Å². The number of sulfonamides is 1. The van der Waals surface area contributed by atoms with Crippen molar-refractivity contribution in [2.75, 3.05) is 46.3 Å². The second-order valence-corrected chi connectivity index (χ2v) is 8.72. The Morgan fingerprint density at radius 3 is 2.35 bits per heavy atom. The minimum Gasteiger partial charge on any atom is -0.304 e. The van der Waals surface area contributed by atoms with E-state index in [9.17, 15) is 8.42 Å². The first kappa shape index (κ1) is 16.9. The normalized spacial score (nSPS) is 25.0. The van der Waals surface area contributed by atoms with Crippen LogP contribution in [0.1, 0.15) is 18.4 Å². The van der Waals surface area contributed by atoms with Gasteiger partial charge in [0.1, 0.15) is 0 Å². The fourth-order valence-electron chi connectivity index (χ4n) is 3.48. The van der Waals surface area contributed by atoms with E-state index in [0.717, 1.165) is 51.1 Å². The summed E-state index contributed by atoms with van der Waals surface area (Å²) in [5.74, 6) is 0. The highest BCUT2D eigenvalue weighted by Crippen LogP contribution is 2.27. The molecule has 2 aliphatic heterocycles. The third-order valence-corrected chi connectivity index (χ3v) is 6.98. The minimum absolute atomic E-state index is 0.115. The van der Waals surface area contributed by atoms with E-state index in [1.54, 1.807) is 16.4 Å².